The van der Waals surface area contributed by atoms with Crippen LogP contribution < -0.4 is 60.3 Å². The van der Waals surface area contributed by atoms with Crippen LogP contribution in [0.1, 0.15) is 55.2 Å². The van der Waals surface area contributed by atoms with Crippen molar-refractivity contribution in [1.29, 1.82) is 15.8 Å². The summed E-state index contributed by atoms with van der Waals surface area (Å²) < 4.78 is 35.5. The summed E-state index contributed by atoms with van der Waals surface area (Å²) in [5.74, 6) is 3.95. The van der Waals surface area contributed by atoms with E-state index < -0.39 is 18.1 Å². The molecule has 24 nitrogen and oxygen atoms in total. The Morgan fingerprint density at radius 1 is 0.245 bits per heavy atom. The standard InChI is InChI=1S/C78H69N15O9/c79-52-55-7-13-61(14-8-55)88-91-64-25-37-73(38-26-64)100-46-4-1-43-97-70-31-19-58(20-32-70)82-76(94)85-67-49-68(86-77(95)83-59-21-33-71(34-22-59)98-44-2-5-47-101-74-39-27-65(28-40-74)92-89-62-15-9-56(53-80)10-16-62)51-69(50-67)87-78(96)84-60-23-35-72(36-24-60)99-45-3-6-48-102-75-41-29-66(30-42-75)93-90-63-17-11-57(54-81)12-18-63/h7-42,49-51H,1-6,43-48H2,(H2,82,85,94)(H2,83,86,95)(H2,84,87,96). The van der Waals surface area contributed by atoms with E-state index in [2.05, 4.69) is 80.8 Å². The fourth-order valence-electron chi connectivity index (χ4n) is 9.36. The smallest absolute Gasteiger partial charge is 0.323 e. The van der Waals surface area contributed by atoms with Crippen molar-refractivity contribution < 1.29 is 42.8 Å². The maximum absolute atomic E-state index is 13.5. The Hall–Kier alpha value is -13.9. The minimum Gasteiger partial charge on any atom is -0.494 e. The number of benzene rings is 10. The summed E-state index contributed by atoms with van der Waals surface area (Å²) in [6.45, 7) is 2.80. The number of nitrogens with one attached hydrogen (secondary N) is 6. The van der Waals surface area contributed by atoms with Crippen molar-refractivity contribution in [1.82, 2.24) is 0 Å². The van der Waals surface area contributed by atoms with Crippen molar-refractivity contribution in [2.24, 2.45) is 30.7 Å². The SMILES string of the molecule is N#Cc1ccc(N=Nc2ccc(OCCCCOc3ccc(NC(=O)Nc4cc(NC(=O)Nc5ccc(OCCCCOc6ccc(N=Nc7ccc(C#N)cc7)cc6)cc5)cc(NC(=O)Nc5ccc(OCCCCOc6ccc(N=Nc7ccc(C#N)cc7)cc6)cc5)c4)cc3)cc2)cc1. The molecule has 0 aliphatic heterocycles. The first-order valence-corrected chi connectivity index (χ1v) is 32.6. The molecule has 10 rings (SSSR count). The Morgan fingerprint density at radius 3 is 0.598 bits per heavy atom. The van der Waals surface area contributed by atoms with Crippen molar-refractivity contribution in [2.75, 3.05) is 71.5 Å². The van der Waals surface area contributed by atoms with E-state index in [9.17, 15) is 14.4 Å². The van der Waals surface area contributed by atoms with Crippen LogP contribution in [-0.2, 0) is 0 Å². The van der Waals surface area contributed by atoms with Crippen molar-refractivity contribution in [2.45, 2.75) is 38.5 Å². The summed E-state index contributed by atoms with van der Waals surface area (Å²) in [6, 6.07) is 72.2. The van der Waals surface area contributed by atoms with Crippen LogP contribution in [0.3, 0.4) is 0 Å². The van der Waals surface area contributed by atoms with Gasteiger partial charge in [0, 0.05) is 34.1 Å². The quantitative estimate of drug-likeness (QED) is 0.0165. The molecule has 0 aliphatic rings. The van der Waals surface area contributed by atoms with E-state index in [0.29, 0.717) is 142 Å². The van der Waals surface area contributed by atoms with E-state index in [1.165, 1.54) is 0 Å². The molecule has 0 radical (unpaired) electrons. The van der Waals surface area contributed by atoms with Gasteiger partial charge in [-0.25, -0.2) is 14.4 Å². The number of nitriles is 3. The lowest BCUT2D eigenvalue weighted by Gasteiger charge is -2.15. The molecule has 10 aromatic carbocycles. The number of azo groups is 3. The van der Waals surface area contributed by atoms with Gasteiger partial charge < -0.3 is 60.3 Å². The van der Waals surface area contributed by atoms with Crippen molar-refractivity contribution in [3.63, 3.8) is 0 Å². The average molecular weight is 1360 g/mol. The fraction of sp³-hybridized carbons (Fsp3) is 0.154. The van der Waals surface area contributed by atoms with Gasteiger partial charge in [0.05, 0.1) is 109 Å². The lowest BCUT2D eigenvalue weighted by atomic mass is 10.2. The zero-order valence-electron chi connectivity index (χ0n) is 55.2. The van der Waals surface area contributed by atoms with E-state index in [4.69, 9.17) is 44.2 Å². The van der Waals surface area contributed by atoms with Crippen molar-refractivity contribution in [3.05, 3.63) is 253 Å². The highest BCUT2D eigenvalue weighted by atomic mass is 16.5. The van der Waals surface area contributed by atoms with Crippen LogP contribution in [-0.4, -0.2) is 57.7 Å². The number of ether oxygens (including phenoxy) is 6. The fourth-order valence-corrected chi connectivity index (χ4v) is 9.36. The van der Waals surface area contributed by atoms with Gasteiger partial charge in [-0.1, -0.05) is 0 Å². The van der Waals surface area contributed by atoms with Crippen LogP contribution >= 0.6 is 0 Å². The lowest BCUT2D eigenvalue weighted by Crippen LogP contribution is -2.22. The first-order valence-electron chi connectivity index (χ1n) is 32.6. The molecule has 0 bridgehead atoms. The second-order valence-electron chi connectivity index (χ2n) is 22.4. The van der Waals surface area contributed by atoms with Gasteiger partial charge >= 0.3 is 18.1 Å². The van der Waals surface area contributed by atoms with Gasteiger partial charge in [-0.15, -0.1) is 0 Å². The van der Waals surface area contributed by atoms with Gasteiger partial charge in [0.15, 0.2) is 0 Å². The van der Waals surface area contributed by atoms with Crippen molar-refractivity contribution >= 4 is 86.3 Å². The zero-order valence-corrected chi connectivity index (χ0v) is 55.2. The van der Waals surface area contributed by atoms with E-state index in [-0.39, 0.29) is 17.1 Å². The Morgan fingerprint density at radius 2 is 0.412 bits per heavy atom. The van der Waals surface area contributed by atoms with E-state index in [1.54, 1.807) is 164 Å². The molecule has 0 unspecified atom stereocenters. The van der Waals surface area contributed by atoms with Crippen LogP contribution in [0, 0.1) is 34.0 Å². The van der Waals surface area contributed by atoms with E-state index in [1.807, 2.05) is 72.8 Å². The molecule has 0 saturated carbocycles. The minimum atomic E-state index is -0.595. The minimum absolute atomic E-state index is 0.246. The molecule has 0 saturated heterocycles. The average Bonchev–Trinajstić information content (AvgIpc) is 0.859. The number of urea groups is 3. The number of carbonyl (C=O) groups is 3. The number of amides is 6. The first kappa shape index (κ1) is 70.9. The maximum atomic E-state index is 13.5. The van der Waals surface area contributed by atoms with Gasteiger partial charge in [-0.3, -0.25) is 0 Å². The van der Waals surface area contributed by atoms with Crippen LogP contribution in [0.2, 0.25) is 0 Å². The lowest BCUT2D eigenvalue weighted by molar-refractivity contribution is 0.261. The molecule has 102 heavy (non-hydrogen) atoms. The molecule has 0 atom stereocenters. The molecular weight excluding hydrogens is 1290 g/mol. The van der Waals surface area contributed by atoms with E-state index in [0.717, 1.165) is 38.5 Å². The third-order valence-corrected chi connectivity index (χ3v) is 14.6. The van der Waals surface area contributed by atoms with Crippen LogP contribution in [0.25, 0.3) is 0 Å². The number of unbranched alkanes of at least 4 members (excludes halogenated alkanes) is 3. The van der Waals surface area contributed by atoms with E-state index >= 15 is 0 Å². The van der Waals surface area contributed by atoms with Gasteiger partial charge in [0.2, 0.25) is 0 Å². The van der Waals surface area contributed by atoms with Gasteiger partial charge in [0.25, 0.3) is 0 Å². The third-order valence-electron chi connectivity index (χ3n) is 14.6. The number of hydrogen-bond acceptors (Lipinski definition) is 18. The third kappa shape index (κ3) is 24.3. The Balaban J connectivity index is 0.662. The summed E-state index contributed by atoms with van der Waals surface area (Å²) in [4.78, 5) is 40.5. The second kappa shape index (κ2) is 38.1. The number of rotatable bonds is 33. The Bertz CT molecular complexity index is 4100. The van der Waals surface area contributed by atoms with Gasteiger partial charge in [0.1, 0.15) is 34.5 Å². The molecule has 0 fully saturated rings. The normalized spacial score (nSPS) is 10.8. The number of carbonyl (C=O) groups excluding carboxylic acids is 3. The van der Waals surface area contributed by atoms with Gasteiger partial charge in [-0.2, -0.15) is 46.5 Å². The maximum Gasteiger partial charge on any atom is 0.323 e. The highest BCUT2D eigenvalue weighted by molar-refractivity contribution is 6.05. The van der Waals surface area contributed by atoms with Gasteiger partial charge in [-0.05, 0) is 275 Å². The topological polar surface area (TPSA) is 324 Å². The molecule has 6 amide bonds. The molecule has 0 spiro atoms. The molecule has 0 aliphatic carbocycles. The monoisotopic (exact) mass is 1360 g/mol. The predicted octanol–water partition coefficient (Wildman–Crippen LogP) is 20.2. The van der Waals surface area contributed by atoms with Crippen LogP contribution in [0.15, 0.2) is 267 Å². The first-order chi connectivity index (χ1) is 50.0. The Labute approximate surface area is 588 Å². The molecule has 0 aromatic heterocycles. The molecule has 0 heterocycles. The summed E-state index contributed by atoms with van der Waals surface area (Å²) in [5, 5.41) is 69.2. The summed E-state index contributed by atoms with van der Waals surface area (Å²) >= 11 is 0. The largest absolute Gasteiger partial charge is 0.494 e. The molecule has 510 valence electrons. The summed E-state index contributed by atoms with van der Waals surface area (Å²) in [6.07, 6.45) is 4.44. The number of nitrogens with zero attached hydrogens (tertiary/aromatic N) is 9. The second-order valence-corrected chi connectivity index (χ2v) is 22.4. The molecule has 10 aromatic rings. The molecule has 6 N–H and O–H groups in total. The summed E-state index contributed by atoms with van der Waals surface area (Å²) in [7, 11) is 0. The van der Waals surface area contributed by atoms with Crippen LogP contribution in [0.5, 0.6) is 34.5 Å². The van der Waals surface area contributed by atoms with Crippen LogP contribution in [0.4, 0.5) is 82.6 Å². The number of hydrogen-bond donors (Lipinski definition) is 6. The zero-order chi connectivity index (χ0) is 70.8. The Kier molecular flexibility index (Phi) is 26.5. The van der Waals surface area contributed by atoms with Crippen molar-refractivity contribution in [3.8, 4) is 52.7 Å². The molecule has 24 heteroatoms. The highest BCUT2D eigenvalue weighted by Gasteiger charge is 2.13. The summed E-state index contributed by atoms with van der Waals surface area (Å²) in [5.41, 5.74) is 7.79. The molecular formula is C78H69N15O9. The number of anilines is 6. The highest BCUT2D eigenvalue weighted by Crippen LogP contribution is 2.29. The predicted molar refractivity (Wildman–Crippen MR) is 390 cm³/mol.